The number of aryl methyl sites for hydroxylation is 1. The fourth-order valence-corrected chi connectivity index (χ4v) is 2.48. The molecule has 30 heavy (non-hydrogen) atoms. The Bertz CT molecular complexity index is 978. The van der Waals surface area contributed by atoms with Gasteiger partial charge in [0.1, 0.15) is 11.4 Å². The van der Waals surface area contributed by atoms with Crippen LogP contribution in [-0.2, 0) is 9.53 Å². The van der Waals surface area contributed by atoms with Crippen molar-refractivity contribution >= 4 is 23.3 Å². The highest BCUT2D eigenvalue weighted by Gasteiger charge is 2.28. The summed E-state index contributed by atoms with van der Waals surface area (Å²) in [5.74, 6) is -2.14. The zero-order valence-electron chi connectivity index (χ0n) is 16.9. The van der Waals surface area contributed by atoms with Crippen LogP contribution in [0.4, 0.5) is 15.8 Å². The Hall–Kier alpha value is -3.69. The van der Waals surface area contributed by atoms with Gasteiger partial charge < -0.3 is 19.5 Å². The van der Waals surface area contributed by atoms with Crippen LogP contribution in [-0.4, -0.2) is 36.6 Å². The molecule has 2 aromatic rings. The minimum atomic E-state index is -1.31. The molecule has 1 amide bonds. The van der Waals surface area contributed by atoms with E-state index in [0.717, 1.165) is 18.2 Å². The van der Waals surface area contributed by atoms with Gasteiger partial charge >= 0.3 is 5.97 Å². The summed E-state index contributed by atoms with van der Waals surface area (Å²) in [6.45, 7) is 4.79. The number of benzene rings is 2. The lowest BCUT2D eigenvalue weighted by molar-refractivity contribution is -0.385. The van der Waals surface area contributed by atoms with Crippen LogP contribution in [0.25, 0.3) is 0 Å². The standard InChI is InChI=1S/C20H21FN2O7/c1-5-29-18-9-14(16(23(26)27)10-17(18)28-4)20(25)30-12(3)19(24)22-13-7-6-11(2)15(21)8-13/h6-10,12H,5H2,1-4H3,(H,22,24)/t12-/m0/s1. The molecule has 0 aliphatic carbocycles. The number of hydrogen-bond acceptors (Lipinski definition) is 7. The largest absolute Gasteiger partial charge is 0.493 e. The van der Waals surface area contributed by atoms with Gasteiger partial charge in [0.2, 0.25) is 0 Å². The average Bonchev–Trinajstić information content (AvgIpc) is 2.70. The van der Waals surface area contributed by atoms with E-state index in [1.165, 1.54) is 26.2 Å². The lowest BCUT2D eigenvalue weighted by Crippen LogP contribution is -2.30. The molecule has 0 aliphatic rings. The molecule has 0 saturated heterocycles. The number of hydrogen-bond donors (Lipinski definition) is 1. The van der Waals surface area contributed by atoms with Gasteiger partial charge in [0.25, 0.3) is 11.6 Å². The van der Waals surface area contributed by atoms with Crippen LogP contribution >= 0.6 is 0 Å². The first-order valence-electron chi connectivity index (χ1n) is 8.95. The van der Waals surface area contributed by atoms with E-state index in [0.29, 0.717) is 5.56 Å². The molecule has 0 aromatic heterocycles. The molecule has 0 bridgehead atoms. The van der Waals surface area contributed by atoms with E-state index in [9.17, 15) is 24.1 Å². The maximum Gasteiger partial charge on any atom is 0.346 e. The van der Waals surface area contributed by atoms with Crippen LogP contribution in [0, 0.1) is 22.9 Å². The quantitative estimate of drug-likeness (QED) is 0.394. The van der Waals surface area contributed by atoms with Gasteiger partial charge in [0.05, 0.1) is 24.7 Å². The van der Waals surface area contributed by atoms with Crippen molar-refractivity contribution in [2.75, 3.05) is 19.0 Å². The number of esters is 1. The Morgan fingerprint density at radius 2 is 1.93 bits per heavy atom. The summed E-state index contributed by atoms with van der Waals surface area (Å²) < 4.78 is 29.1. The van der Waals surface area contributed by atoms with Gasteiger partial charge in [-0.15, -0.1) is 0 Å². The van der Waals surface area contributed by atoms with Crippen LogP contribution in [0.3, 0.4) is 0 Å². The predicted molar refractivity (Wildman–Crippen MR) is 105 cm³/mol. The number of nitrogens with zero attached hydrogens (tertiary/aromatic N) is 1. The normalized spacial score (nSPS) is 11.4. The molecule has 0 aliphatic heterocycles. The molecule has 0 heterocycles. The summed E-state index contributed by atoms with van der Waals surface area (Å²) in [4.78, 5) is 35.4. The summed E-state index contributed by atoms with van der Waals surface area (Å²) in [5.41, 5.74) is -0.372. The number of methoxy groups -OCH3 is 1. The number of nitro benzene ring substituents is 1. The number of nitro groups is 1. The topological polar surface area (TPSA) is 117 Å². The number of carbonyl (C=O) groups is 2. The zero-order valence-corrected chi connectivity index (χ0v) is 16.9. The molecule has 1 N–H and O–H groups in total. The van der Waals surface area contributed by atoms with Gasteiger partial charge in [-0.1, -0.05) is 6.07 Å². The van der Waals surface area contributed by atoms with Crippen molar-refractivity contribution in [1.82, 2.24) is 0 Å². The van der Waals surface area contributed by atoms with E-state index < -0.39 is 40.0 Å². The maximum absolute atomic E-state index is 13.6. The van der Waals surface area contributed by atoms with Gasteiger partial charge in [0, 0.05) is 11.8 Å². The Kier molecular flexibility index (Phi) is 7.29. The number of carbonyl (C=O) groups excluding carboxylic acids is 2. The van der Waals surface area contributed by atoms with Gasteiger partial charge in [-0.05, 0) is 38.5 Å². The highest BCUT2D eigenvalue weighted by atomic mass is 19.1. The predicted octanol–water partition coefficient (Wildman–Crippen LogP) is 3.63. The van der Waals surface area contributed by atoms with Crippen molar-refractivity contribution in [2.24, 2.45) is 0 Å². The first-order valence-corrected chi connectivity index (χ1v) is 8.95. The van der Waals surface area contributed by atoms with Crippen molar-refractivity contribution in [3.63, 3.8) is 0 Å². The first kappa shape index (κ1) is 22.6. The van der Waals surface area contributed by atoms with E-state index in [2.05, 4.69) is 5.32 Å². The Balaban J connectivity index is 2.22. The number of amides is 1. The van der Waals surface area contributed by atoms with E-state index in [1.54, 1.807) is 13.8 Å². The zero-order chi connectivity index (χ0) is 22.4. The molecule has 0 spiro atoms. The van der Waals surface area contributed by atoms with Crippen molar-refractivity contribution in [3.8, 4) is 11.5 Å². The van der Waals surface area contributed by atoms with E-state index >= 15 is 0 Å². The summed E-state index contributed by atoms with van der Waals surface area (Å²) in [6, 6.07) is 6.28. The van der Waals surface area contributed by atoms with Gasteiger partial charge in [0.15, 0.2) is 17.6 Å². The summed E-state index contributed by atoms with van der Waals surface area (Å²) >= 11 is 0. The highest BCUT2D eigenvalue weighted by Crippen LogP contribution is 2.35. The van der Waals surface area contributed by atoms with E-state index in [4.69, 9.17) is 14.2 Å². The van der Waals surface area contributed by atoms with E-state index in [-0.39, 0.29) is 23.8 Å². The van der Waals surface area contributed by atoms with Gasteiger partial charge in [-0.3, -0.25) is 14.9 Å². The molecule has 2 rings (SSSR count). The van der Waals surface area contributed by atoms with Crippen LogP contribution in [0.1, 0.15) is 29.8 Å². The molecule has 0 saturated carbocycles. The molecule has 2 aromatic carbocycles. The SMILES string of the molecule is CCOc1cc(C(=O)O[C@@H](C)C(=O)Nc2ccc(C)c(F)c2)c([N+](=O)[O-])cc1OC. The Morgan fingerprint density at radius 1 is 1.23 bits per heavy atom. The second-order valence-corrected chi connectivity index (χ2v) is 6.21. The van der Waals surface area contributed by atoms with Crippen LogP contribution in [0.2, 0.25) is 0 Å². The lowest BCUT2D eigenvalue weighted by Gasteiger charge is -2.15. The van der Waals surface area contributed by atoms with Crippen molar-refractivity contribution in [1.29, 1.82) is 0 Å². The summed E-state index contributed by atoms with van der Waals surface area (Å²) in [6.07, 6.45) is -1.31. The molecule has 9 nitrogen and oxygen atoms in total. The fourth-order valence-electron chi connectivity index (χ4n) is 2.48. The average molecular weight is 420 g/mol. The minimum Gasteiger partial charge on any atom is -0.493 e. The molecule has 10 heteroatoms. The second-order valence-electron chi connectivity index (χ2n) is 6.21. The Labute approximate surface area is 171 Å². The van der Waals surface area contributed by atoms with Crippen LogP contribution in [0.5, 0.6) is 11.5 Å². The van der Waals surface area contributed by atoms with Crippen molar-refractivity contribution in [3.05, 3.63) is 57.4 Å². The minimum absolute atomic E-state index is 0.0762. The molecule has 160 valence electrons. The number of rotatable bonds is 8. The third kappa shape index (κ3) is 5.22. The molecule has 1 atom stereocenters. The van der Waals surface area contributed by atoms with Crippen molar-refractivity contribution in [2.45, 2.75) is 26.9 Å². The highest BCUT2D eigenvalue weighted by molar-refractivity contribution is 5.99. The molecular formula is C20H21FN2O7. The number of halogens is 1. The second kappa shape index (κ2) is 9.68. The number of ether oxygens (including phenoxy) is 3. The fraction of sp³-hybridized carbons (Fsp3) is 0.300. The Morgan fingerprint density at radius 3 is 2.50 bits per heavy atom. The number of anilines is 1. The smallest absolute Gasteiger partial charge is 0.346 e. The van der Waals surface area contributed by atoms with Crippen LogP contribution in [0.15, 0.2) is 30.3 Å². The third-order valence-electron chi connectivity index (χ3n) is 4.09. The number of nitrogens with one attached hydrogen (secondary N) is 1. The van der Waals surface area contributed by atoms with Gasteiger partial charge in [-0.25, -0.2) is 9.18 Å². The third-order valence-corrected chi connectivity index (χ3v) is 4.09. The molecule has 0 radical (unpaired) electrons. The molecule has 0 fully saturated rings. The van der Waals surface area contributed by atoms with E-state index in [1.807, 2.05) is 0 Å². The van der Waals surface area contributed by atoms with Crippen molar-refractivity contribution < 1.29 is 33.1 Å². The molecular weight excluding hydrogens is 399 g/mol. The monoisotopic (exact) mass is 420 g/mol. The molecule has 0 unspecified atom stereocenters. The van der Waals surface area contributed by atoms with Gasteiger partial charge in [-0.2, -0.15) is 0 Å². The first-order chi connectivity index (χ1) is 14.2. The summed E-state index contributed by atoms with van der Waals surface area (Å²) in [7, 11) is 1.31. The summed E-state index contributed by atoms with van der Waals surface area (Å²) in [5, 5.41) is 13.8. The maximum atomic E-state index is 13.6. The lowest BCUT2D eigenvalue weighted by atomic mass is 10.1. The van der Waals surface area contributed by atoms with Crippen LogP contribution < -0.4 is 14.8 Å².